The second kappa shape index (κ2) is 2.05. The molecule has 0 atom stereocenters. The summed E-state index contributed by atoms with van der Waals surface area (Å²) in [5.41, 5.74) is -0.676. The van der Waals surface area contributed by atoms with Gasteiger partial charge in [0.1, 0.15) is 0 Å². The third-order valence-corrected chi connectivity index (χ3v) is 3.89. The minimum atomic E-state index is -0.338. The topological polar surface area (TPSA) is 34.1 Å². The van der Waals surface area contributed by atoms with Gasteiger partial charge in [0.15, 0.2) is 0 Å². The zero-order valence-corrected chi connectivity index (χ0v) is 7.89. The van der Waals surface area contributed by atoms with Crippen LogP contribution in [0.15, 0.2) is 9.59 Å². The van der Waals surface area contributed by atoms with Crippen molar-refractivity contribution in [2.75, 3.05) is 0 Å². The first-order valence-electron chi connectivity index (χ1n) is 1.79. The Labute approximate surface area is 72.3 Å². The first-order valence-corrected chi connectivity index (χ1v) is 3.94. The van der Waals surface area contributed by atoms with Crippen molar-refractivity contribution in [2.24, 2.45) is 0 Å². The molecule has 2 nitrogen and oxygen atoms in total. The van der Waals surface area contributed by atoms with Crippen LogP contribution in [0.5, 0.6) is 0 Å². The van der Waals surface area contributed by atoms with Crippen molar-refractivity contribution < 1.29 is 0 Å². The van der Waals surface area contributed by atoms with Gasteiger partial charge in [-0.05, 0) is 45.2 Å². The molecule has 8 heavy (non-hydrogen) atoms. The molecule has 0 fully saturated rings. The zero-order valence-electron chi connectivity index (χ0n) is 3.57. The summed E-state index contributed by atoms with van der Waals surface area (Å²) in [7, 11) is 0. The van der Waals surface area contributed by atoms with E-state index in [1.54, 1.807) is 0 Å². The zero-order chi connectivity index (χ0) is 6.31. The lowest BCUT2D eigenvalue weighted by Gasteiger charge is -1.91. The van der Waals surface area contributed by atoms with Gasteiger partial charge in [-0.25, -0.2) is 0 Å². The summed E-state index contributed by atoms with van der Waals surface area (Å²) in [6, 6.07) is 0. The highest BCUT2D eigenvalue weighted by Gasteiger charge is 2.13. The molecule has 0 bridgehead atoms. The molecule has 42 valence electrons. The van der Waals surface area contributed by atoms with Gasteiger partial charge in [-0.3, -0.25) is 9.59 Å². The van der Waals surface area contributed by atoms with E-state index in [2.05, 4.69) is 0 Å². The molecule has 0 aromatic heterocycles. The predicted octanol–water partition coefficient (Wildman–Crippen LogP) is 0.492. The molecule has 0 saturated carbocycles. The van der Waals surface area contributed by atoms with Crippen molar-refractivity contribution in [1.29, 1.82) is 0 Å². The second-order valence-electron chi connectivity index (χ2n) is 1.29. The van der Waals surface area contributed by atoms with Crippen LogP contribution in [0, 0.1) is 7.14 Å². The van der Waals surface area contributed by atoms with Crippen LogP contribution in [0.3, 0.4) is 0 Å². The molecule has 1 rings (SSSR count). The van der Waals surface area contributed by atoms with Gasteiger partial charge in [0.25, 0.3) is 0 Å². The maximum Gasteiger partial charge on any atom is 0.241 e. The van der Waals surface area contributed by atoms with E-state index in [1.165, 1.54) is 0 Å². The first-order chi connectivity index (χ1) is 3.64. The van der Waals surface area contributed by atoms with Crippen LogP contribution >= 0.6 is 45.2 Å². The lowest BCUT2D eigenvalue weighted by Crippen LogP contribution is -2.37. The molecule has 0 unspecified atom stereocenters. The molecule has 0 aliphatic rings. The fourth-order valence-corrected chi connectivity index (χ4v) is 1.32. The predicted molar refractivity (Wildman–Crippen MR) is 46.8 cm³/mol. The van der Waals surface area contributed by atoms with Crippen LogP contribution in [0.1, 0.15) is 0 Å². The lowest BCUT2D eigenvalue weighted by molar-refractivity contribution is 1.31. The van der Waals surface area contributed by atoms with Crippen LogP contribution in [0.25, 0.3) is 0 Å². The number of hydrogen-bond donors (Lipinski definition) is 0. The average molecular weight is 334 g/mol. The van der Waals surface area contributed by atoms with Crippen LogP contribution in [0.2, 0.25) is 0 Å². The molecule has 0 heterocycles. The molecule has 0 amide bonds. The fraction of sp³-hybridized carbons (Fsp3) is 0. The molecular formula is C4I2O2. The quantitative estimate of drug-likeness (QED) is 0.511. The van der Waals surface area contributed by atoms with Gasteiger partial charge < -0.3 is 0 Å². The molecule has 0 spiro atoms. The number of rotatable bonds is 0. The summed E-state index contributed by atoms with van der Waals surface area (Å²) in [6.07, 6.45) is 0. The Balaban J connectivity index is 3.48. The Morgan fingerprint density at radius 3 is 1.25 bits per heavy atom. The summed E-state index contributed by atoms with van der Waals surface area (Å²) in [6.45, 7) is 0. The van der Waals surface area contributed by atoms with E-state index in [0.29, 0.717) is 7.14 Å². The van der Waals surface area contributed by atoms with Crippen LogP contribution in [0.4, 0.5) is 0 Å². The van der Waals surface area contributed by atoms with Crippen molar-refractivity contribution in [3.05, 3.63) is 27.6 Å². The molecule has 0 saturated heterocycles. The molecule has 0 aliphatic heterocycles. The monoisotopic (exact) mass is 334 g/mol. The fourth-order valence-electron chi connectivity index (χ4n) is 0.336. The highest BCUT2D eigenvalue weighted by Crippen LogP contribution is 2.05. The molecule has 0 radical (unpaired) electrons. The van der Waals surface area contributed by atoms with Gasteiger partial charge in [-0.15, -0.1) is 0 Å². The summed E-state index contributed by atoms with van der Waals surface area (Å²) in [5, 5.41) is 0. The van der Waals surface area contributed by atoms with Crippen molar-refractivity contribution >= 4 is 45.2 Å². The smallest absolute Gasteiger partial charge is 0.241 e. The third-order valence-electron chi connectivity index (χ3n) is 0.798. The minimum absolute atomic E-state index is 0.338. The highest BCUT2D eigenvalue weighted by atomic mass is 127. The van der Waals surface area contributed by atoms with Crippen LogP contribution in [-0.4, -0.2) is 0 Å². The van der Waals surface area contributed by atoms with Gasteiger partial charge in [-0.1, -0.05) is 0 Å². The molecule has 1 aromatic rings. The van der Waals surface area contributed by atoms with E-state index >= 15 is 0 Å². The van der Waals surface area contributed by atoms with Gasteiger partial charge in [0.2, 0.25) is 10.9 Å². The maximum atomic E-state index is 10.4. The van der Waals surface area contributed by atoms with Crippen molar-refractivity contribution in [3.63, 3.8) is 0 Å². The van der Waals surface area contributed by atoms with Crippen molar-refractivity contribution in [2.45, 2.75) is 0 Å². The third kappa shape index (κ3) is 0.734. The molecule has 4 heteroatoms. The van der Waals surface area contributed by atoms with E-state index in [-0.39, 0.29) is 10.9 Å². The summed E-state index contributed by atoms with van der Waals surface area (Å²) < 4.78 is 1.15. The average Bonchev–Trinajstić information content (AvgIpc) is 1.83. The van der Waals surface area contributed by atoms with Gasteiger partial charge >= 0.3 is 0 Å². The van der Waals surface area contributed by atoms with E-state index < -0.39 is 0 Å². The van der Waals surface area contributed by atoms with E-state index in [4.69, 9.17) is 0 Å². The Morgan fingerprint density at radius 1 is 0.875 bits per heavy atom. The Morgan fingerprint density at radius 2 is 1.12 bits per heavy atom. The molecular weight excluding hydrogens is 334 g/mol. The van der Waals surface area contributed by atoms with Crippen LogP contribution in [-0.2, 0) is 0 Å². The van der Waals surface area contributed by atoms with Crippen LogP contribution < -0.4 is 10.9 Å². The first kappa shape index (κ1) is 6.66. The highest BCUT2D eigenvalue weighted by molar-refractivity contribution is 14.1. The van der Waals surface area contributed by atoms with E-state index in [9.17, 15) is 9.59 Å². The van der Waals surface area contributed by atoms with Gasteiger partial charge in [0.05, 0.1) is 7.14 Å². The maximum absolute atomic E-state index is 10.4. The standard InChI is InChI=1S/C4I2O2/c5-1-2(6)4(8)3(1)7. The van der Waals surface area contributed by atoms with Crippen molar-refractivity contribution in [1.82, 2.24) is 0 Å². The summed E-state index contributed by atoms with van der Waals surface area (Å²) >= 11 is 3.72. The van der Waals surface area contributed by atoms with Crippen molar-refractivity contribution in [3.8, 4) is 0 Å². The Bertz CT molecular complexity index is 252. The summed E-state index contributed by atoms with van der Waals surface area (Å²) in [4.78, 5) is 20.7. The molecule has 1 aromatic carbocycles. The van der Waals surface area contributed by atoms with E-state index in [1.807, 2.05) is 45.2 Å². The van der Waals surface area contributed by atoms with Gasteiger partial charge in [-0.2, -0.15) is 0 Å². The summed E-state index contributed by atoms with van der Waals surface area (Å²) in [5.74, 6) is 0. The number of halogens is 2. The lowest BCUT2D eigenvalue weighted by atomic mass is 10.3. The molecule has 0 aliphatic carbocycles. The Kier molecular flexibility index (Phi) is 1.71. The second-order valence-corrected chi connectivity index (χ2v) is 3.44. The largest absolute Gasteiger partial charge is 0.284 e. The van der Waals surface area contributed by atoms with Gasteiger partial charge in [0, 0.05) is 0 Å². The Hall–Kier alpha value is 0.540. The number of hydrogen-bond acceptors (Lipinski definition) is 2. The normalized spacial score (nSPS) is 10.2. The van der Waals surface area contributed by atoms with E-state index in [0.717, 1.165) is 0 Å². The SMILES string of the molecule is O=c1c(I)c(I)c1=O. The molecule has 0 N–H and O–H groups in total. The minimum Gasteiger partial charge on any atom is -0.284 e.